The number of rotatable bonds is 0. The van der Waals surface area contributed by atoms with E-state index in [9.17, 15) is 0 Å². The monoisotopic (exact) mass is 181 g/mol. The fourth-order valence-corrected chi connectivity index (χ4v) is 2.01. The van der Waals surface area contributed by atoms with Gasteiger partial charge in [-0.25, -0.2) is 0 Å². The molecule has 0 aromatic rings. The highest BCUT2D eigenvalue weighted by atomic mass is 15.3. The van der Waals surface area contributed by atoms with Gasteiger partial charge in [0.25, 0.3) is 0 Å². The molecule has 0 unspecified atom stereocenters. The van der Waals surface area contributed by atoms with Gasteiger partial charge in [-0.2, -0.15) is 0 Å². The van der Waals surface area contributed by atoms with Crippen molar-refractivity contribution in [2.24, 2.45) is 4.99 Å². The van der Waals surface area contributed by atoms with Crippen molar-refractivity contribution in [3.8, 4) is 0 Å². The van der Waals surface area contributed by atoms with Crippen molar-refractivity contribution in [1.82, 2.24) is 10.2 Å². The van der Waals surface area contributed by atoms with Gasteiger partial charge in [-0.3, -0.25) is 4.99 Å². The van der Waals surface area contributed by atoms with E-state index in [1.54, 1.807) is 0 Å². The van der Waals surface area contributed by atoms with Crippen LogP contribution in [-0.4, -0.2) is 37.0 Å². The maximum Gasteiger partial charge on any atom is 0.193 e. The number of guanidine groups is 1. The lowest BCUT2D eigenvalue weighted by Crippen LogP contribution is -2.44. The van der Waals surface area contributed by atoms with E-state index < -0.39 is 0 Å². The molecule has 3 heteroatoms. The van der Waals surface area contributed by atoms with E-state index in [0.717, 1.165) is 19.0 Å². The van der Waals surface area contributed by atoms with Gasteiger partial charge in [0, 0.05) is 26.2 Å². The van der Waals surface area contributed by atoms with Gasteiger partial charge < -0.3 is 10.2 Å². The van der Waals surface area contributed by atoms with Gasteiger partial charge in [0.05, 0.1) is 0 Å². The fraction of sp³-hybridized carbons (Fsp3) is 0.900. The maximum atomic E-state index is 4.53. The largest absolute Gasteiger partial charge is 0.356 e. The second-order valence-electron chi connectivity index (χ2n) is 3.89. The molecule has 1 fully saturated rings. The molecule has 0 radical (unpaired) electrons. The summed E-state index contributed by atoms with van der Waals surface area (Å²) in [5.41, 5.74) is 0. The van der Waals surface area contributed by atoms with Crippen molar-refractivity contribution in [1.29, 1.82) is 0 Å². The van der Waals surface area contributed by atoms with Crippen molar-refractivity contribution in [2.45, 2.75) is 32.1 Å². The molecule has 2 aliphatic heterocycles. The normalized spacial score (nSPS) is 24.6. The Hall–Kier alpha value is -0.730. The summed E-state index contributed by atoms with van der Waals surface area (Å²) in [6.45, 7) is 4.52. The average Bonchev–Trinajstić information content (AvgIpc) is 2.47. The van der Waals surface area contributed by atoms with Crippen LogP contribution in [0.3, 0.4) is 0 Å². The lowest BCUT2D eigenvalue weighted by Gasteiger charge is -2.27. The lowest BCUT2D eigenvalue weighted by atomic mass is 10.2. The second-order valence-corrected chi connectivity index (χ2v) is 3.89. The Labute approximate surface area is 80.2 Å². The SMILES string of the molecule is C1CCCN(C2=NCCCN2)CC1. The molecule has 0 spiro atoms. The summed E-state index contributed by atoms with van der Waals surface area (Å²) >= 11 is 0. The van der Waals surface area contributed by atoms with Crippen LogP contribution in [0.5, 0.6) is 0 Å². The number of likely N-dealkylation sites (tertiary alicyclic amines) is 1. The highest BCUT2D eigenvalue weighted by Crippen LogP contribution is 2.10. The third kappa shape index (κ3) is 2.36. The van der Waals surface area contributed by atoms with Crippen LogP contribution in [0.1, 0.15) is 32.1 Å². The van der Waals surface area contributed by atoms with Gasteiger partial charge in [0.2, 0.25) is 0 Å². The van der Waals surface area contributed by atoms with E-state index in [-0.39, 0.29) is 0 Å². The smallest absolute Gasteiger partial charge is 0.193 e. The van der Waals surface area contributed by atoms with Gasteiger partial charge in [0.15, 0.2) is 5.96 Å². The third-order valence-corrected chi connectivity index (χ3v) is 2.79. The van der Waals surface area contributed by atoms with Crippen LogP contribution in [0.25, 0.3) is 0 Å². The molecule has 0 amide bonds. The Balaban J connectivity index is 1.92. The Morgan fingerprint density at radius 2 is 1.77 bits per heavy atom. The van der Waals surface area contributed by atoms with Crippen LogP contribution >= 0.6 is 0 Å². The van der Waals surface area contributed by atoms with E-state index in [4.69, 9.17) is 0 Å². The molecule has 0 aliphatic carbocycles. The Morgan fingerprint density at radius 1 is 1.00 bits per heavy atom. The Bertz CT molecular complexity index is 181. The highest BCUT2D eigenvalue weighted by molar-refractivity contribution is 5.80. The molecule has 0 saturated carbocycles. The van der Waals surface area contributed by atoms with Gasteiger partial charge in [-0.05, 0) is 19.3 Å². The van der Waals surface area contributed by atoms with Gasteiger partial charge >= 0.3 is 0 Å². The summed E-state index contributed by atoms with van der Waals surface area (Å²) in [7, 11) is 0. The molecular formula is C10H19N3. The summed E-state index contributed by atoms with van der Waals surface area (Å²) in [6, 6.07) is 0. The minimum Gasteiger partial charge on any atom is -0.356 e. The molecule has 2 rings (SSSR count). The first-order valence-electron chi connectivity index (χ1n) is 5.50. The van der Waals surface area contributed by atoms with Crippen LogP contribution in [0.15, 0.2) is 4.99 Å². The van der Waals surface area contributed by atoms with E-state index >= 15 is 0 Å². The first-order chi connectivity index (χ1) is 6.47. The first kappa shape index (κ1) is 8.85. The molecule has 2 heterocycles. The number of hydrogen-bond acceptors (Lipinski definition) is 3. The zero-order valence-electron chi connectivity index (χ0n) is 8.26. The molecule has 13 heavy (non-hydrogen) atoms. The van der Waals surface area contributed by atoms with Gasteiger partial charge in [-0.15, -0.1) is 0 Å². The quantitative estimate of drug-likeness (QED) is 0.608. The summed E-state index contributed by atoms with van der Waals surface area (Å²) < 4.78 is 0. The van der Waals surface area contributed by atoms with Crippen LogP contribution in [0.4, 0.5) is 0 Å². The third-order valence-electron chi connectivity index (χ3n) is 2.79. The molecule has 2 aliphatic rings. The molecule has 0 atom stereocenters. The van der Waals surface area contributed by atoms with Crippen molar-refractivity contribution in [2.75, 3.05) is 26.2 Å². The predicted molar refractivity (Wildman–Crippen MR) is 55.0 cm³/mol. The minimum atomic E-state index is 1.01. The van der Waals surface area contributed by atoms with Crippen LogP contribution in [-0.2, 0) is 0 Å². The van der Waals surface area contributed by atoms with Gasteiger partial charge in [0.1, 0.15) is 0 Å². The van der Waals surface area contributed by atoms with Crippen molar-refractivity contribution in [3.63, 3.8) is 0 Å². The second kappa shape index (κ2) is 4.49. The lowest BCUT2D eigenvalue weighted by molar-refractivity contribution is 0.410. The van der Waals surface area contributed by atoms with E-state index in [1.165, 1.54) is 45.2 Å². The Morgan fingerprint density at radius 3 is 2.38 bits per heavy atom. The van der Waals surface area contributed by atoms with Crippen LogP contribution in [0.2, 0.25) is 0 Å². The molecule has 3 nitrogen and oxygen atoms in total. The predicted octanol–water partition coefficient (Wildman–Crippen LogP) is 1.21. The molecule has 1 N–H and O–H groups in total. The maximum absolute atomic E-state index is 4.53. The molecule has 0 aromatic carbocycles. The standard InChI is InChI=1S/C10H19N3/c1-2-4-9-13(8-3-1)10-11-6-5-7-12-10/h1-9H2,(H,11,12). The number of aliphatic imine (C=N–C) groups is 1. The average molecular weight is 181 g/mol. The number of hydrogen-bond donors (Lipinski definition) is 1. The van der Waals surface area contributed by atoms with Crippen LogP contribution < -0.4 is 5.32 Å². The zero-order valence-corrected chi connectivity index (χ0v) is 8.26. The van der Waals surface area contributed by atoms with Crippen molar-refractivity contribution >= 4 is 5.96 Å². The summed E-state index contributed by atoms with van der Waals surface area (Å²) in [6.07, 6.45) is 6.65. The zero-order chi connectivity index (χ0) is 8.93. The number of nitrogens with one attached hydrogen (secondary N) is 1. The molecular weight excluding hydrogens is 162 g/mol. The summed E-state index contributed by atoms with van der Waals surface area (Å²) in [5, 5.41) is 3.39. The van der Waals surface area contributed by atoms with E-state index in [0.29, 0.717) is 0 Å². The molecule has 0 bridgehead atoms. The van der Waals surface area contributed by atoms with Crippen molar-refractivity contribution in [3.05, 3.63) is 0 Å². The van der Waals surface area contributed by atoms with E-state index in [1.807, 2.05) is 0 Å². The van der Waals surface area contributed by atoms with Crippen molar-refractivity contribution < 1.29 is 0 Å². The molecule has 1 saturated heterocycles. The topological polar surface area (TPSA) is 27.6 Å². The minimum absolute atomic E-state index is 1.01. The highest BCUT2D eigenvalue weighted by Gasteiger charge is 2.14. The fourth-order valence-electron chi connectivity index (χ4n) is 2.01. The first-order valence-corrected chi connectivity index (χ1v) is 5.50. The van der Waals surface area contributed by atoms with Crippen LogP contribution in [0, 0.1) is 0 Å². The molecule has 0 aromatic heterocycles. The van der Waals surface area contributed by atoms with Gasteiger partial charge in [-0.1, -0.05) is 12.8 Å². The summed E-state index contributed by atoms with van der Waals surface area (Å²) in [4.78, 5) is 6.95. The molecule has 74 valence electrons. The number of nitrogens with zero attached hydrogens (tertiary/aromatic N) is 2. The Kier molecular flexibility index (Phi) is 3.06. The summed E-state index contributed by atoms with van der Waals surface area (Å²) in [5.74, 6) is 1.16. The van der Waals surface area contributed by atoms with E-state index in [2.05, 4.69) is 15.2 Å².